The summed E-state index contributed by atoms with van der Waals surface area (Å²) in [4.78, 5) is 55.4. The minimum atomic E-state index is -0.974. The Bertz CT molecular complexity index is 2210. The smallest absolute Gasteiger partial charge is 0.320 e. The van der Waals surface area contributed by atoms with Gasteiger partial charge in [0.05, 0.1) is 59.5 Å². The van der Waals surface area contributed by atoms with Crippen molar-refractivity contribution in [1.29, 1.82) is 0 Å². The molecule has 15 heteroatoms. The number of carbonyl (C=O) groups excluding carboxylic acids is 3. The lowest BCUT2D eigenvalue weighted by Crippen LogP contribution is -2.64. The minimum absolute atomic E-state index is 0.0218. The number of aromatic nitrogens is 3. The van der Waals surface area contributed by atoms with E-state index in [0.717, 1.165) is 58.5 Å². The van der Waals surface area contributed by atoms with Crippen LogP contribution in [0.5, 0.6) is 0 Å². The van der Waals surface area contributed by atoms with E-state index in [9.17, 15) is 19.5 Å². The van der Waals surface area contributed by atoms with Crippen molar-refractivity contribution in [1.82, 2.24) is 40.1 Å². The molecule has 1 unspecified atom stereocenters. The Balaban J connectivity index is 1.29. The number of hydrazine groups is 1. The number of carbonyl (C=O) groups is 3. The molecule has 6 bridgehead atoms. The van der Waals surface area contributed by atoms with Gasteiger partial charge in [0.2, 0.25) is 5.91 Å². The maximum atomic E-state index is 14.6. The van der Waals surface area contributed by atoms with Gasteiger partial charge in [0.25, 0.3) is 5.91 Å². The van der Waals surface area contributed by atoms with Crippen LogP contribution in [0.2, 0.25) is 0 Å². The summed E-state index contributed by atoms with van der Waals surface area (Å²) < 4.78 is 13.6. The SMILES string of the molecule is CCn1c(-c2cccnc2[C@H](C)OC)c2c3cc(ccc31)-c1csc(n1)C[C@H](NC(=O)C(C(C)C)N(C)C(=O)N1CC(OC)C1)C(=O)N1CCC[C@H](N1)[C@H](O)CCC(C)(C)C2. The van der Waals surface area contributed by atoms with Crippen molar-refractivity contribution >= 4 is 40.1 Å². The van der Waals surface area contributed by atoms with E-state index < -0.39 is 24.1 Å². The van der Waals surface area contributed by atoms with E-state index >= 15 is 0 Å². The molecular weight excluding hydrogens is 793 g/mol. The first kappa shape index (κ1) is 44.6. The largest absolute Gasteiger partial charge is 0.391 e. The summed E-state index contributed by atoms with van der Waals surface area (Å²) in [5, 5.41) is 20.3. The molecule has 2 fully saturated rings. The zero-order chi connectivity index (χ0) is 43.7. The van der Waals surface area contributed by atoms with Crippen molar-refractivity contribution in [2.24, 2.45) is 11.3 Å². The number of amides is 4. The van der Waals surface area contributed by atoms with Crippen LogP contribution in [-0.4, -0.2) is 124 Å². The van der Waals surface area contributed by atoms with Crippen LogP contribution < -0.4 is 10.7 Å². The number of nitrogens with one attached hydrogen (secondary N) is 2. The van der Waals surface area contributed by atoms with Gasteiger partial charge < -0.3 is 34.3 Å². The molecule has 0 saturated carbocycles. The van der Waals surface area contributed by atoms with Crippen LogP contribution in [-0.2, 0) is 38.4 Å². The fourth-order valence-corrected chi connectivity index (χ4v) is 10.2. The van der Waals surface area contributed by atoms with Crippen molar-refractivity contribution in [2.45, 2.75) is 123 Å². The number of hydrogen-bond acceptors (Lipinski definition) is 10. The first-order chi connectivity index (χ1) is 29.1. The molecule has 4 amide bonds. The Morgan fingerprint density at radius 1 is 1.15 bits per heavy atom. The van der Waals surface area contributed by atoms with E-state index in [1.54, 1.807) is 31.2 Å². The second-order valence-corrected chi connectivity index (χ2v) is 19.1. The van der Waals surface area contributed by atoms with Gasteiger partial charge in [-0.05, 0) is 87.1 Å². The number of likely N-dealkylation sites (N-methyl/N-ethyl adjacent to an activating group) is 1. The lowest BCUT2D eigenvalue weighted by Gasteiger charge is -2.42. The van der Waals surface area contributed by atoms with Crippen molar-refractivity contribution < 1.29 is 29.0 Å². The van der Waals surface area contributed by atoms with E-state index in [1.807, 2.05) is 38.4 Å². The highest BCUT2D eigenvalue weighted by Gasteiger charge is 2.40. The molecule has 0 spiro atoms. The summed E-state index contributed by atoms with van der Waals surface area (Å²) in [5.41, 5.74) is 10.3. The number of rotatable bonds is 9. The predicted octanol–water partition coefficient (Wildman–Crippen LogP) is 6.21. The van der Waals surface area contributed by atoms with Crippen LogP contribution in [0.3, 0.4) is 0 Å². The second kappa shape index (κ2) is 18.5. The maximum Gasteiger partial charge on any atom is 0.320 e. The van der Waals surface area contributed by atoms with E-state index in [2.05, 4.69) is 60.3 Å². The molecule has 3 aliphatic heterocycles. The molecule has 1 aromatic carbocycles. The van der Waals surface area contributed by atoms with Crippen molar-refractivity contribution in [2.75, 3.05) is 40.9 Å². The summed E-state index contributed by atoms with van der Waals surface area (Å²) in [5.74, 6) is -0.946. The zero-order valence-corrected chi connectivity index (χ0v) is 38.1. The molecule has 330 valence electrons. The van der Waals surface area contributed by atoms with Crippen LogP contribution in [0.25, 0.3) is 33.4 Å². The van der Waals surface area contributed by atoms with E-state index in [0.29, 0.717) is 43.9 Å². The number of aliphatic hydroxyl groups excluding tert-OH is 1. The maximum absolute atomic E-state index is 14.6. The Labute approximate surface area is 364 Å². The molecule has 14 nitrogen and oxygen atoms in total. The summed E-state index contributed by atoms with van der Waals surface area (Å²) in [6.45, 7) is 14.6. The lowest BCUT2D eigenvalue weighted by atomic mass is 9.78. The summed E-state index contributed by atoms with van der Waals surface area (Å²) in [6, 6.07) is 8.26. The van der Waals surface area contributed by atoms with Crippen molar-refractivity contribution in [3.05, 3.63) is 58.2 Å². The van der Waals surface area contributed by atoms with Gasteiger partial charge in [-0.2, -0.15) is 0 Å². The second-order valence-electron chi connectivity index (χ2n) is 18.2. The molecule has 61 heavy (non-hydrogen) atoms. The Kier molecular flexibility index (Phi) is 13.5. The average Bonchev–Trinajstić information content (AvgIpc) is 3.82. The molecule has 3 aliphatic rings. The van der Waals surface area contributed by atoms with E-state index in [1.165, 1.54) is 21.8 Å². The molecule has 6 heterocycles. The van der Waals surface area contributed by atoms with Gasteiger partial charge >= 0.3 is 6.03 Å². The van der Waals surface area contributed by atoms with E-state index in [-0.39, 0.29) is 47.9 Å². The summed E-state index contributed by atoms with van der Waals surface area (Å²) in [7, 11) is 4.98. The Morgan fingerprint density at radius 2 is 1.92 bits per heavy atom. The molecule has 2 saturated heterocycles. The molecule has 3 aromatic heterocycles. The highest BCUT2D eigenvalue weighted by molar-refractivity contribution is 7.10. The highest BCUT2D eigenvalue weighted by Crippen LogP contribution is 2.43. The lowest BCUT2D eigenvalue weighted by molar-refractivity contribution is -0.143. The highest BCUT2D eigenvalue weighted by atomic mass is 32.1. The number of aryl methyl sites for hydroxylation is 1. The third-order valence-electron chi connectivity index (χ3n) is 12.9. The number of fused-ring (bicyclic) bond motifs is 6. The number of nitrogens with zero attached hydrogens (tertiary/aromatic N) is 6. The molecule has 0 radical (unpaired) electrons. The third-order valence-corrected chi connectivity index (χ3v) is 13.8. The van der Waals surface area contributed by atoms with Crippen LogP contribution in [0, 0.1) is 11.3 Å². The molecule has 5 atom stereocenters. The number of urea groups is 1. The molecule has 4 aromatic rings. The Morgan fingerprint density at radius 3 is 2.62 bits per heavy atom. The third kappa shape index (κ3) is 9.22. The first-order valence-electron chi connectivity index (χ1n) is 21.8. The monoisotopic (exact) mass is 856 g/mol. The number of pyridine rings is 1. The normalized spacial score (nSPS) is 22.1. The number of likely N-dealkylation sites (tertiary alicyclic amines) is 1. The number of thiazole rings is 1. The quantitative estimate of drug-likeness (QED) is 0.178. The minimum Gasteiger partial charge on any atom is -0.391 e. The topological polar surface area (TPSA) is 154 Å². The zero-order valence-electron chi connectivity index (χ0n) is 37.2. The van der Waals surface area contributed by atoms with Gasteiger partial charge in [0.15, 0.2) is 0 Å². The fourth-order valence-electron chi connectivity index (χ4n) is 9.38. The molecule has 7 rings (SSSR count). The molecular formula is C46H64N8O6S. The molecule has 3 N–H and O–H groups in total. The van der Waals surface area contributed by atoms with Gasteiger partial charge in [-0.15, -0.1) is 11.3 Å². The number of methoxy groups -OCH3 is 2. The number of ether oxygens (including phenoxy) is 2. The fraction of sp³-hybridized carbons (Fsp3) is 0.587. The van der Waals surface area contributed by atoms with Crippen LogP contribution in [0.4, 0.5) is 4.79 Å². The standard InChI is InChI=1S/C46H64N8O6S/c1-10-53-37-16-15-29-21-32(37)33(42(53)31-13-11-19-47-40(31)28(4)59-8)23-46(5,6)18-17-38(55)34-14-12-20-54(50-34)44(57)35(22-39-48-36(29)26-61-39)49-43(56)41(27(2)3)51(7)45(58)52-24-30(25-52)60-9/h11,13,15-16,19,21,26-28,30,34-35,38,41,50,55H,10,12,14,17-18,20,22-25H2,1-9H3,(H,49,56)/t28-,34-,35-,38+,41?/m0/s1. The average molecular weight is 857 g/mol. The van der Waals surface area contributed by atoms with Gasteiger partial charge in [-0.25, -0.2) is 15.2 Å². The van der Waals surface area contributed by atoms with E-state index in [4.69, 9.17) is 19.4 Å². The van der Waals surface area contributed by atoms with Crippen molar-refractivity contribution in [3.63, 3.8) is 0 Å². The van der Waals surface area contributed by atoms with Crippen LogP contribution in [0.1, 0.15) is 89.6 Å². The Hall–Kier alpha value is -4.41. The van der Waals surface area contributed by atoms with Gasteiger partial charge in [-0.1, -0.05) is 33.8 Å². The predicted molar refractivity (Wildman–Crippen MR) is 238 cm³/mol. The summed E-state index contributed by atoms with van der Waals surface area (Å²) in [6.07, 6.45) is 4.49. The van der Waals surface area contributed by atoms with Gasteiger partial charge in [0, 0.05) is 74.4 Å². The van der Waals surface area contributed by atoms with Crippen molar-refractivity contribution in [3.8, 4) is 22.5 Å². The number of benzene rings is 1. The number of aliphatic hydroxyl groups is 1. The first-order valence-corrected chi connectivity index (χ1v) is 22.7. The van der Waals surface area contributed by atoms with Crippen LogP contribution in [0.15, 0.2) is 41.9 Å². The molecule has 0 aliphatic carbocycles. The van der Waals surface area contributed by atoms with Gasteiger partial charge in [0.1, 0.15) is 12.1 Å². The van der Waals surface area contributed by atoms with Crippen LogP contribution >= 0.6 is 11.3 Å². The summed E-state index contributed by atoms with van der Waals surface area (Å²) >= 11 is 1.45. The number of hydrogen-bond donors (Lipinski definition) is 3. The van der Waals surface area contributed by atoms with Gasteiger partial charge in [-0.3, -0.25) is 19.6 Å².